The molecule has 3 aromatic carbocycles. The van der Waals surface area contributed by atoms with Crippen LogP contribution in [0, 0.1) is 17.5 Å². The van der Waals surface area contributed by atoms with E-state index in [0.717, 1.165) is 47.7 Å². The Labute approximate surface area is 255 Å². The second kappa shape index (κ2) is 13.5. The maximum atomic E-state index is 13.8. The molecule has 3 aromatic rings. The van der Waals surface area contributed by atoms with E-state index >= 15 is 0 Å². The highest BCUT2D eigenvalue weighted by Crippen LogP contribution is 2.35. The van der Waals surface area contributed by atoms with Crippen molar-refractivity contribution in [3.63, 3.8) is 0 Å². The summed E-state index contributed by atoms with van der Waals surface area (Å²) in [7, 11) is 0. The minimum absolute atomic E-state index is 0.0168. The molecule has 1 heterocycles. The summed E-state index contributed by atoms with van der Waals surface area (Å²) in [5.74, 6) is -4.26. The van der Waals surface area contributed by atoms with Crippen LogP contribution in [0.1, 0.15) is 41.5 Å². The summed E-state index contributed by atoms with van der Waals surface area (Å²) in [6.07, 6.45) is -1.50. The molecule has 5 rings (SSSR count). The molecular weight excluding hydrogens is 610 g/mol. The number of aryl methyl sites for hydroxylation is 1. The first-order valence-electron chi connectivity index (χ1n) is 14.1. The molecule has 1 fully saturated rings. The first kappa shape index (κ1) is 31.7. The van der Waals surface area contributed by atoms with Gasteiger partial charge >= 0.3 is 12.3 Å². The fraction of sp³-hybridized carbons (Fsp3) is 0.344. The zero-order chi connectivity index (χ0) is 31.4. The number of hydrogen-bond donors (Lipinski definition) is 1. The molecule has 1 amide bonds. The lowest BCUT2D eigenvalue weighted by atomic mass is 9.96. The first-order valence-corrected chi connectivity index (χ1v) is 14.5. The first-order chi connectivity index (χ1) is 21.0. The number of amides is 1. The van der Waals surface area contributed by atoms with E-state index in [0.29, 0.717) is 32.0 Å². The van der Waals surface area contributed by atoms with Crippen LogP contribution in [0.3, 0.4) is 0 Å². The van der Waals surface area contributed by atoms with Crippen molar-refractivity contribution >= 4 is 23.3 Å². The molecule has 0 bridgehead atoms. The van der Waals surface area contributed by atoms with E-state index in [9.17, 15) is 31.1 Å². The highest BCUT2D eigenvalue weighted by molar-refractivity contribution is 6.31. The zero-order valence-electron chi connectivity index (χ0n) is 23.4. The number of hydrogen-bond acceptors (Lipinski definition) is 4. The molecule has 0 spiro atoms. The molecule has 234 valence electrons. The van der Waals surface area contributed by atoms with Crippen molar-refractivity contribution < 1.29 is 40.6 Å². The summed E-state index contributed by atoms with van der Waals surface area (Å²) in [6.45, 7) is 0.786. The van der Waals surface area contributed by atoms with Crippen LogP contribution < -0.4 is 10.1 Å². The van der Waals surface area contributed by atoms with E-state index in [-0.39, 0.29) is 29.8 Å². The second-order valence-corrected chi connectivity index (χ2v) is 11.1. The highest BCUT2D eigenvalue weighted by Gasteiger charge is 2.37. The summed E-state index contributed by atoms with van der Waals surface area (Å²) in [4.78, 5) is 14.8. The van der Waals surface area contributed by atoms with Gasteiger partial charge in [0.25, 0.3) is 0 Å². The van der Waals surface area contributed by atoms with Gasteiger partial charge in [-0.05, 0) is 78.3 Å². The molecule has 5 nitrogen and oxygen atoms in total. The minimum atomic E-state index is -4.54. The topological polar surface area (TPSA) is 50.8 Å². The van der Waals surface area contributed by atoms with E-state index in [1.165, 1.54) is 11.0 Å². The van der Waals surface area contributed by atoms with Gasteiger partial charge in [-0.15, -0.1) is 0 Å². The quantitative estimate of drug-likeness (QED) is 0.139. The molecule has 0 radical (unpaired) electrons. The van der Waals surface area contributed by atoms with Crippen molar-refractivity contribution in [2.75, 3.05) is 19.7 Å². The number of benzene rings is 3. The largest absolute Gasteiger partial charge is 0.488 e. The lowest BCUT2D eigenvalue weighted by Crippen LogP contribution is -2.41. The minimum Gasteiger partial charge on any atom is -0.488 e. The maximum Gasteiger partial charge on any atom is 0.416 e. The number of nitrogens with one attached hydrogen (secondary N) is 1. The molecule has 1 N–H and O–H groups in total. The number of ether oxygens (including phenoxy) is 2. The van der Waals surface area contributed by atoms with E-state index in [1.54, 1.807) is 0 Å². The van der Waals surface area contributed by atoms with Gasteiger partial charge in [-0.2, -0.15) is 17.6 Å². The van der Waals surface area contributed by atoms with E-state index in [2.05, 4.69) is 5.32 Å². The Bertz CT molecular complexity index is 1530. The van der Waals surface area contributed by atoms with Crippen LogP contribution in [0.25, 0.3) is 5.57 Å². The highest BCUT2D eigenvalue weighted by atomic mass is 35.5. The lowest BCUT2D eigenvalue weighted by molar-refractivity contribution is -0.137. The predicted octanol–water partition coefficient (Wildman–Crippen LogP) is 7.94. The van der Waals surface area contributed by atoms with Gasteiger partial charge in [-0.3, -0.25) is 0 Å². The fourth-order valence-electron chi connectivity index (χ4n) is 4.98. The average Bonchev–Trinajstić information content (AvgIpc) is 3.84. The average molecular weight is 639 g/mol. The maximum absolute atomic E-state index is 13.8. The van der Waals surface area contributed by atoms with Crippen molar-refractivity contribution in [2.24, 2.45) is 0 Å². The molecular formula is C32H29ClF6N2O3. The van der Waals surface area contributed by atoms with Crippen molar-refractivity contribution in [3.05, 3.63) is 105 Å². The normalized spacial score (nSPS) is 16.8. The van der Waals surface area contributed by atoms with Gasteiger partial charge in [0.1, 0.15) is 6.10 Å². The number of halogens is 7. The van der Waals surface area contributed by atoms with Crippen molar-refractivity contribution in [2.45, 2.75) is 50.6 Å². The van der Waals surface area contributed by atoms with Crippen molar-refractivity contribution in [3.8, 4) is 5.75 Å². The Hall–Kier alpha value is -3.70. The standard InChI is InChI=1S/C32H29ClF6N2O3/c33-25-10-7-22(32(37,38)39)16-21(25)18-41(23-8-9-23)31(42)44-28-17-40-14-13-24(28)20-5-3-19(4-6-20)2-1-15-43-30-27(35)12-11-26(34)29(30)36/h3-7,10-13,16,23,28,40H,1-2,8-9,14-15,17-18H2. The van der Waals surface area contributed by atoms with E-state index in [4.69, 9.17) is 21.1 Å². The molecule has 12 heteroatoms. The van der Waals surface area contributed by atoms with Gasteiger partial charge in [-0.25, -0.2) is 13.6 Å². The third kappa shape index (κ3) is 7.68. The van der Waals surface area contributed by atoms with Gasteiger partial charge in [0, 0.05) is 24.2 Å². The molecule has 1 aliphatic heterocycles. The summed E-state index contributed by atoms with van der Waals surface area (Å²) in [6, 6.07) is 11.9. The van der Waals surface area contributed by atoms with Crippen LogP contribution in [0.4, 0.5) is 31.1 Å². The molecule has 1 saturated carbocycles. The zero-order valence-corrected chi connectivity index (χ0v) is 24.2. The molecule has 1 atom stereocenters. The van der Waals surface area contributed by atoms with Crippen molar-refractivity contribution in [1.82, 2.24) is 10.2 Å². The van der Waals surface area contributed by atoms with Gasteiger partial charge in [0.05, 0.1) is 18.7 Å². The molecule has 44 heavy (non-hydrogen) atoms. The van der Waals surface area contributed by atoms with Crippen LogP contribution >= 0.6 is 11.6 Å². The van der Waals surface area contributed by atoms with Gasteiger partial charge in [-0.1, -0.05) is 41.9 Å². The third-order valence-electron chi connectivity index (χ3n) is 7.47. The Kier molecular flexibility index (Phi) is 9.75. The molecule has 1 unspecified atom stereocenters. The predicted molar refractivity (Wildman–Crippen MR) is 153 cm³/mol. The van der Waals surface area contributed by atoms with Crippen LogP contribution in [-0.4, -0.2) is 42.8 Å². The number of rotatable bonds is 10. The monoisotopic (exact) mass is 638 g/mol. The Morgan fingerprint density at radius 3 is 2.43 bits per heavy atom. The van der Waals surface area contributed by atoms with Crippen LogP contribution in [0.15, 0.2) is 60.7 Å². The Morgan fingerprint density at radius 2 is 1.73 bits per heavy atom. The number of alkyl halides is 3. The Balaban J connectivity index is 1.20. The number of nitrogens with zero attached hydrogens (tertiary/aromatic N) is 1. The van der Waals surface area contributed by atoms with Gasteiger partial charge < -0.3 is 19.7 Å². The van der Waals surface area contributed by atoms with Crippen molar-refractivity contribution in [1.29, 1.82) is 0 Å². The molecule has 0 saturated heterocycles. The fourth-order valence-corrected chi connectivity index (χ4v) is 5.15. The SMILES string of the molecule is O=C(OC1CNCC=C1c1ccc(CCCOc2c(F)ccc(F)c2F)cc1)N(Cc1cc(C(F)(F)F)ccc1Cl)C1CC1. The lowest BCUT2D eigenvalue weighted by Gasteiger charge is -2.29. The summed E-state index contributed by atoms with van der Waals surface area (Å²) >= 11 is 6.20. The Morgan fingerprint density at radius 1 is 1.00 bits per heavy atom. The van der Waals surface area contributed by atoms with Crippen LogP contribution in [0.5, 0.6) is 5.75 Å². The molecule has 0 aromatic heterocycles. The summed E-state index contributed by atoms with van der Waals surface area (Å²) in [5, 5.41) is 3.30. The molecule has 1 aliphatic carbocycles. The van der Waals surface area contributed by atoms with E-state index in [1.807, 2.05) is 30.3 Å². The van der Waals surface area contributed by atoms with Crippen LogP contribution in [-0.2, 0) is 23.9 Å². The third-order valence-corrected chi connectivity index (χ3v) is 7.84. The summed E-state index contributed by atoms with van der Waals surface area (Å²) < 4.78 is 91.7. The molecule has 2 aliphatic rings. The second-order valence-electron chi connectivity index (χ2n) is 10.7. The summed E-state index contributed by atoms with van der Waals surface area (Å²) in [5.41, 5.74) is 1.89. The van der Waals surface area contributed by atoms with Gasteiger partial charge in [0.15, 0.2) is 17.4 Å². The number of carbonyl (C=O) groups is 1. The van der Waals surface area contributed by atoms with Gasteiger partial charge in [0.2, 0.25) is 5.82 Å². The smallest absolute Gasteiger partial charge is 0.416 e. The van der Waals surface area contributed by atoms with E-state index < -0.39 is 47.1 Å². The number of carbonyl (C=O) groups excluding carboxylic acids is 1. The van der Waals surface area contributed by atoms with Crippen LogP contribution in [0.2, 0.25) is 5.02 Å².